The lowest BCUT2D eigenvalue weighted by Gasteiger charge is -2.25. The number of nitro benzene ring substituents is 1. The molecular formula is C36H28ClN3O7S. The first-order valence-electron chi connectivity index (χ1n) is 14.9. The van der Waals surface area contributed by atoms with Gasteiger partial charge in [-0.15, -0.1) is 0 Å². The second-order valence-electron chi connectivity index (χ2n) is 10.6. The van der Waals surface area contributed by atoms with Crippen molar-refractivity contribution >= 4 is 46.4 Å². The summed E-state index contributed by atoms with van der Waals surface area (Å²) >= 11 is 7.85. The van der Waals surface area contributed by atoms with Gasteiger partial charge >= 0.3 is 5.97 Å². The standard InChI is InChI=1S/C36H28ClN3O7S/c1-3-46-35(42)30-31(24-10-6-4-7-11-24)38-36-39(32(30)25-12-8-5-9-13-25)34(41)29(48-36)20-23-18-27(37)33(28(19-23)45-2)47-21-22-14-16-26(17-15-22)40(43)44/h4-20,32H,3,21H2,1-2H3/b29-20-/t32-/m0/s1. The molecule has 10 nitrogen and oxygen atoms in total. The summed E-state index contributed by atoms with van der Waals surface area (Å²) in [6.45, 7) is 1.99. The zero-order valence-electron chi connectivity index (χ0n) is 25.8. The Morgan fingerprint density at radius 3 is 2.38 bits per heavy atom. The smallest absolute Gasteiger partial charge is 0.338 e. The average molecular weight is 682 g/mol. The molecule has 12 heteroatoms. The molecule has 2 heterocycles. The number of methoxy groups -OCH3 is 1. The minimum Gasteiger partial charge on any atom is -0.493 e. The molecule has 6 rings (SSSR count). The third-order valence-corrected chi connectivity index (χ3v) is 8.83. The fourth-order valence-corrected chi connectivity index (χ4v) is 6.65. The Morgan fingerprint density at radius 2 is 1.73 bits per heavy atom. The van der Waals surface area contributed by atoms with Crippen molar-refractivity contribution in [3.8, 4) is 11.5 Å². The lowest BCUT2D eigenvalue weighted by Crippen LogP contribution is -2.39. The van der Waals surface area contributed by atoms with Gasteiger partial charge in [0.25, 0.3) is 11.2 Å². The fraction of sp³-hybridized carbons (Fsp3) is 0.139. The van der Waals surface area contributed by atoms with Crippen LogP contribution in [-0.2, 0) is 16.1 Å². The van der Waals surface area contributed by atoms with E-state index in [4.69, 9.17) is 30.8 Å². The van der Waals surface area contributed by atoms with Crippen molar-refractivity contribution in [1.29, 1.82) is 0 Å². The van der Waals surface area contributed by atoms with Crippen molar-refractivity contribution in [3.05, 3.63) is 160 Å². The topological polar surface area (TPSA) is 122 Å². The predicted molar refractivity (Wildman–Crippen MR) is 183 cm³/mol. The number of thiazole rings is 1. The number of esters is 1. The highest BCUT2D eigenvalue weighted by molar-refractivity contribution is 7.07. The fourth-order valence-electron chi connectivity index (χ4n) is 5.38. The van der Waals surface area contributed by atoms with E-state index in [-0.39, 0.29) is 40.8 Å². The normalized spacial score (nSPS) is 14.2. The van der Waals surface area contributed by atoms with E-state index < -0.39 is 16.9 Å². The zero-order chi connectivity index (χ0) is 33.8. The third-order valence-electron chi connectivity index (χ3n) is 7.57. The summed E-state index contributed by atoms with van der Waals surface area (Å²) in [6, 6.07) is 27.2. The monoisotopic (exact) mass is 681 g/mol. The molecule has 1 aliphatic heterocycles. The van der Waals surface area contributed by atoms with Gasteiger partial charge in [0.15, 0.2) is 16.3 Å². The summed E-state index contributed by atoms with van der Waals surface area (Å²) in [7, 11) is 1.48. The van der Waals surface area contributed by atoms with Gasteiger partial charge in [-0.05, 0) is 54.0 Å². The van der Waals surface area contributed by atoms with Gasteiger partial charge < -0.3 is 14.2 Å². The maximum atomic E-state index is 14.2. The summed E-state index contributed by atoms with van der Waals surface area (Å²) < 4.78 is 18.9. The summed E-state index contributed by atoms with van der Waals surface area (Å²) in [5.41, 5.74) is 3.09. The van der Waals surface area contributed by atoms with E-state index in [0.717, 1.165) is 11.1 Å². The molecule has 0 N–H and O–H groups in total. The van der Waals surface area contributed by atoms with Gasteiger partial charge in [-0.3, -0.25) is 19.5 Å². The van der Waals surface area contributed by atoms with Gasteiger partial charge in [0.1, 0.15) is 6.61 Å². The molecule has 1 atom stereocenters. The molecule has 0 amide bonds. The van der Waals surface area contributed by atoms with E-state index in [1.807, 2.05) is 60.7 Å². The van der Waals surface area contributed by atoms with Gasteiger partial charge in [0.05, 0.1) is 45.5 Å². The van der Waals surface area contributed by atoms with Crippen molar-refractivity contribution in [2.24, 2.45) is 4.99 Å². The van der Waals surface area contributed by atoms with Crippen molar-refractivity contribution < 1.29 is 23.9 Å². The van der Waals surface area contributed by atoms with Crippen molar-refractivity contribution in [3.63, 3.8) is 0 Å². The number of aromatic nitrogens is 1. The van der Waals surface area contributed by atoms with Crippen LogP contribution in [0.25, 0.3) is 11.8 Å². The van der Waals surface area contributed by atoms with Crippen LogP contribution in [0.4, 0.5) is 5.69 Å². The van der Waals surface area contributed by atoms with Crippen LogP contribution >= 0.6 is 22.9 Å². The second-order valence-corrected chi connectivity index (χ2v) is 12.0. The number of benzene rings is 4. The molecule has 0 aliphatic carbocycles. The number of carbonyl (C=O) groups is 1. The van der Waals surface area contributed by atoms with Crippen molar-refractivity contribution in [2.75, 3.05) is 13.7 Å². The highest BCUT2D eigenvalue weighted by Gasteiger charge is 2.35. The van der Waals surface area contributed by atoms with E-state index in [2.05, 4.69) is 0 Å². The Morgan fingerprint density at radius 1 is 1.04 bits per heavy atom. The summed E-state index contributed by atoms with van der Waals surface area (Å²) in [6.07, 6.45) is 1.69. The maximum Gasteiger partial charge on any atom is 0.338 e. The largest absolute Gasteiger partial charge is 0.493 e. The molecule has 0 unspecified atom stereocenters. The first-order chi connectivity index (χ1) is 23.3. The Labute approximate surface area is 283 Å². The lowest BCUT2D eigenvalue weighted by atomic mass is 9.93. The molecule has 0 bridgehead atoms. The number of hydrogen-bond acceptors (Lipinski definition) is 9. The number of non-ortho nitro benzene ring substituents is 1. The highest BCUT2D eigenvalue weighted by Crippen LogP contribution is 2.38. The molecule has 1 aliphatic rings. The number of nitro groups is 1. The minimum atomic E-state index is -0.785. The van der Waals surface area contributed by atoms with E-state index >= 15 is 0 Å². The Balaban J connectivity index is 1.44. The Kier molecular flexibility index (Phi) is 9.51. The Hall–Kier alpha value is -5.52. The molecule has 0 spiro atoms. The molecule has 0 radical (unpaired) electrons. The van der Waals surface area contributed by atoms with Crippen LogP contribution < -0.4 is 24.4 Å². The number of halogens is 1. The molecule has 0 fully saturated rings. The molecule has 0 saturated carbocycles. The van der Waals surface area contributed by atoms with Crippen molar-refractivity contribution in [1.82, 2.24) is 4.57 Å². The predicted octanol–water partition coefficient (Wildman–Crippen LogP) is 6.08. The number of nitrogens with zero attached hydrogens (tertiary/aromatic N) is 3. The lowest BCUT2D eigenvalue weighted by molar-refractivity contribution is -0.384. The van der Waals surface area contributed by atoms with E-state index in [1.165, 1.54) is 35.1 Å². The van der Waals surface area contributed by atoms with Crippen molar-refractivity contribution in [2.45, 2.75) is 19.6 Å². The summed E-state index contributed by atoms with van der Waals surface area (Å²) in [5.74, 6) is 0.0671. The molecule has 1 aromatic heterocycles. The zero-order valence-corrected chi connectivity index (χ0v) is 27.4. The van der Waals surface area contributed by atoms with Gasteiger partial charge in [-0.1, -0.05) is 83.6 Å². The first-order valence-corrected chi connectivity index (χ1v) is 16.1. The van der Waals surface area contributed by atoms with Gasteiger partial charge in [0, 0.05) is 17.7 Å². The molecule has 48 heavy (non-hydrogen) atoms. The van der Waals surface area contributed by atoms with E-state index in [1.54, 1.807) is 37.3 Å². The Bertz CT molecular complexity index is 2210. The van der Waals surface area contributed by atoms with Gasteiger partial charge in [0.2, 0.25) is 0 Å². The number of rotatable bonds is 10. The van der Waals surface area contributed by atoms with Crippen LogP contribution in [0.3, 0.4) is 0 Å². The first kappa shape index (κ1) is 32.4. The number of carbonyl (C=O) groups excluding carboxylic acids is 1. The average Bonchev–Trinajstić information content (AvgIpc) is 3.41. The van der Waals surface area contributed by atoms with Crippen LogP contribution in [0, 0.1) is 10.1 Å². The minimum absolute atomic E-state index is 0.0208. The second kappa shape index (κ2) is 14.1. The summed E-state index contributed by atoms with van der Waals surface area (Å²) in [4.78, 5) is 43.6. The molecular weight excluding hydrogens is 654 g/mol. The summed E-state index contributed by atoms with van der Waals surface area (Å²) in [5, 5.41) is 11.2. The third kappa shape index (κ3) is 6.51. The van der Waals surface area contributed by atoms with Gasteiger partial charge in [-0.25, -0.2) is 9.79 Å². The van der Waals surface area contributed by atoms with Crippen LogP contribution in [0.1, 0.15) is 35.2 Å². The molecule has 0 saturated heterocycles. The van der Waals surface area contributed by atoms with Crippen LogP contribution in [0.5, 0.6) is 11.5 Å². The van der Waals surface area contributed by atoms with E-state index in [0.29, 0.717) is 31.9 Å². The quantitative estimate of drug-likeness (QED) is 0.0994. The molecule has 5 aromatic rings. The number of ether oxygens (including phenoxy) is 3. The van der Waals surface area contributed by atoms with Gasteiger partial charge in [-0.2, -0.15) is 0 Å². The SMILES string of the molecule is CCOC(=O)C1=C(c2ccccc2)N=c2s/c(=C\c3cc(Cl)c(OCc4ccc([N+](=O)[O-])cc4)c(OC)c3)c(=O)n2[C@H]1c1ccccc1. The molecule has 242 valence electrons. The highest BCUT2D eigenvalue weighted by atomic mass is 35.5. The van der Waals surface area contributed by atoms with E-state index in [9.17, 15) is 19.7 Å². The van der Waals surface area contributed by atoms with Crippen LogP contribution in [-0.4, -0.2) is 29.2 Å². The number of fused-ring (bicyclic) bond motifs is 1. The maximum absolute atomic E-state index is 14.2. The number of hydrogen-bond donors (Lipinski definition) is 0. The van der Waals surface area contributed by atoms with Crippen LogP contribution in [0.2, 0.25) is 5.02 Å². The molecule has 4 aromatic carbocycles. The van der Waals surface area contributed by atoms with Crippen LogP contribution in [0.15, 0.2) is 112 Å².